The van der Waals surface area contributed by atoms with Crippen LogP contribution in [0.5, 0.6) is 0 Å². The van der Waals surface area contributed by atoms with E-state index in [2.05, 4.69) is 26.1 Å². The van der Waals surface area contributed by atoms with E-state index in [-0.39, 0.29) is 5.91 Å². The summed E-state index contributed by atoms with van der Waals surface area (Å²) in [7, 11) is 0. The van der Waals surface area contributed by atoms with E-state index in [0.29, 0.717) is 31.2 Å². The largest absolute Gasteiger partial charge is 0.481 e. The number of carbonyl (C=O) groups excluding carboxylic acids is 1. The summed E-state index contributed by atoms with van der Waals surface area (Å²) in [5.74, 6) is -1.10. The van der Waals surface area contributed by atoms with Crippen LogP contribution in [0, 0.1) is 23.7 Å². The minimum atomic E-state index is -0.878. The van der Waals surface area contributed by atoms with Gasteiger partial charge in [-0.3, -0.25) is 9.59 Å². The molecule has 102 valence electrons. The molecule has 0 radical (unpaired) electrons. The summed E-state index contributed by atoms with van der Waals surface area (Å²) in [5, 5.41) is 12.0. The van der Waals surface area contributed by atoms with E-state index in [0.717, 1.165) is 0 Å². The van der Waals surface area contributed by atoms with Gasteiger partial charge in [0.05, 0.1) is 11.8 Å². The number of rotatable bonds is 5. The van der Waals surface area contributed by atoms with Gasteiger partial charge in [-0.2, -0.15) is 0 Å². The zero-order valence-corrected chi connectivity index (χ0v) is 11.3. The zero-order valence-electron chi connectivity index (χ0n) is 11.3. The smallest absolute Gasteiger partial charge is 0.307 e. The van der Waals surface area contributed by atoms with E-state index in [1.54, 1.807) is 0 Å². The van der Waals surface area contributed by atoms with E-state index >= 15 is 0 Å². The van der Waals surface area contributed by atoms with Crippen molar-refractivity contribution in [2.24, 2.45) is 23.7 Å². The topological polar surface area (TPSA) is 66.4 Å². The van der Waals surface area contributed by atoms with Crippen LogP contribution in [0.3, 0.4) is 0 Å². The molecule has 1 rings (SSSR count). The van der Waals surface area contributed by atoms with Crippen LogP contribution in [0.15, 0.2) is 12.2 Å². The second-order valence-electron chi connectivity index (χ2n) is 5.46. The number of allylic oxidation sites excluding steroid dienone is 2. The molecule has 1 amide bonds. The van der Waals surface area contributed by atoms with Gasteiger partial charge >= 0.3 is 5.97 Å². The van der Waals surface area contributed by atoms with Crippen molar-refractivity contribution < 1.29 is 14.7 Å². The van der Waals surface area contributed by atoms with Crippen LogP contribution in [-0.4, -0.2) is 23.5 Å². The van der Waals surface area contributed by atoms with Crippen LogP contribution in [0.25, 0.3) is 0 Å². The fraction of sp³-hybridized carbons (Fsp3) is 0.714. The molecule has 0 saturated carbocycles. The quantitative estimate of drug-likeness (QED) is 0.737. The van der Waals surface area contributed by atoms with Crippen molar-refractivity contribution in [2.75, 3.05) is 6.54 Å². The third kappa shape index (κ3) is 3.86. The van der Waals surface area contributed by atoms with Crippen molar-refractivity contribution in [3.05, 3.63) is 12.2 Å². The maximum atomic E-state index is 12.0. The lowest BCUT2D eigenvalue weighted by molar-refractivity contribution is -0.147. The summed E-state index contributed by atoms with van der Waals surface area (Å²) in [6.07, 6.45) is 4.72. The number of aliphatic carboxylic acids is 1. The summed E-state index contributed by atoms with van der Waals surface area (Å²) >= 11 is 0. The Morgan fingerprint density at radius 3 is 2.28 bits per heavy atom. The number of hydrogen-bond donors (Lipinski definition) is 2. The lowest BCUT2D eigenvalue weighted by Gasteiger charge is -2.25. The number of hydrogen-bond acceptors (Lipinski definition) is 2. The molecule has 0 bridgehead atoms. The molecule has 1 aliphatic carbocycles. The molecule has 18 heavy (non-hydrogen) atoms. The van der Waals surface area contributed by atoms with Gasteiger partial charge in [-0.25, -0.2) is 0 Å². The Hall–Kier alpha value is -1.32. The molecule has 3 unspecified atom stereocenters. The van der Waals surface area contributed by atoms with Crippen molar-refractivity contribution in [1.82, 2.24) is 5.32 Å². The number of nitrogens with one attached hydrogen (secondary N) is 1. The Labute approximate surface area is 108 Å². The minimum absolute atomic E-state index is 0.126. The van der Waals surface area contributed by atoms with E-state index in [1.807, 2.05) is 12.2 Å². The van der Waals surface area contributed by atoms with Crippen molar-refractivity contribution in [2.45, 2.75) is 33.6 Å². The highest BCUT2D eigenvalue weighted by Gasteiger charge is 2.33. The number of amides is 1. The lowest BCUT2D eigenvalue weighted by atomic mass is 9.82. The Morgan fingerprint density at radius 2 is 1.78 bits per heavy atom. The van der Waals surface area contributed by atoms with Crippen molar-refractivity contribution in [3.63, 3.8) is 0 Å². The molecule has 0 aromatic rings. The molecule has 0 aromatic carbocycles. The third-order valence-electron chi connectivity index (χ3n) is 3.82. The Bertz CT molecular complexity index is 336. The monoisotopic (exact) mass is 253 g/mol. The second-order valence-corrected chi connectivity index (χ2v) is 5.46. The molecule has 1 aliphatic rings. The predicted octanol–water partition coefficient (Wildman–Crippen LogP) is 2.06. The van der Waals surface area contributed by atoms with Gasteiger partial charge in [-0.05, 0) is 24.7 Å². The first-order valence-electron chi connectivity index (χ1n) is 6.59. The first kappa shape index (κ1) is 14.7. The van der Waals surface area contributed by atoms with E-state index in [4.69, 9.17) is 5.11 Å². The summed E-state index contributed by atoms with van der Waals surface area (Å²) in [6.45, 7) is 6.92. The lowest BCUT2D eigenvalue weighted by Crippen LogP contribution is -2.40. The number of carboxylic acids is 1. The fourth-order valence-corrected chi connectivity index (χ4v) is 2.01. The number of carbonyl (C=O) groups is 2. The van der Waals surface area contributed by atoms with Gasteiger partial charge in [0, 0.05) is 6.54 Å². The maximum absolute atomic E-state index is 12.0. The van der Waals surface area contributed by atoms with Crippen LogP contribution in [0.4, 0.5) is 0 Å². The molecule has 4 nitrogen and oxygen atoms in total. The van der Waals surface area contributed by atoms with Gasteiger partial charge in [-0.1, -0.05) is 32.9 Å². The molecule has 0 fully saturated rings. The molecule has 0 heterocycles. The highest BCUT2D eigenvalue weighted by atomic mass is 16.4. The normalized spacial score (nSPS) is 24.9. The van der Waals surface area contributed by atoms with Gasteiger partial charge in [0.15, 0.2) is 0 Å². The average molecular weight is 253 g/mol. The SMILES string of the molecule is CC(C)C(C)CNC(=O)C1CC=CCC1C(=O)O. The summed E-state index contributed by atoms with van der Waals surface area (Å²) in [5.41, 5.74) is 0. The maximum Gasteiger partial charge on any atom is 0.307 e. The average Bonchev–Trinajstić information content (AvgIpc) is 2.35. The van der Waals surface area contributed by atoms with Gasteiger partial charge < -0.3 is 10.4 Å². The molecule has 0 aliphatic heterocycles. The summed E-state index contributed by atoms with van der Waals surface area (Å²) in [6, 6.07) is 0. The third-order valence-corrected chi connectivity index (χ3v) is 3.82. The van der Waals surface area contributed by atoms with E-state index < -0.39 is 17.8 Å². The van der Waals surface area contributed by atoms with Crippen molar-refractivity contribution in [3.8, 4) is 0 Å². The predicted molar refractivity (Wildman–Crippen MR) is 70.0 cm³/mol. The highest BCUT2D eigenvalue weighted by molar-refractivity contribution is 5.85. The highest BCUT2D eigenvalue weighted by Crippen LogP contribution is 2.26. The van der Waals surface area contributed by atoms with Gasteiger partial charge in [-0.15, -0.1) is 0 Å². The Kier molecular flexibility index (Phi) is 5.38. The van der Waals surface area contributed by atoms with Crippen LogP contribution < -0.4 is 5.32 Å². The van der Waals surface area contributed by atoms with Gasteiger partial charge in [0.1, 0.15) is 0 Å². The Balaban J connectivity index is 2.54. The summed E-state index contributed by atoms with van der Waals surface area (Å²) < 4.78 is 0. The van der Waals surface area contributed by atoms with Crippen molar-refractivity contribution >= 4 is 11.9 Å². The van der Waals surface area contributed by atoms with Crippen LogP contribution in [0.1, 0.15) is 33.6 Å². The molecular weight excluding hydrogens is 230 g/mol. The Morgan fingerprint density at radius 1 is 1.22 bits per heavy atom. The molecule has 4 heteroatoms. The van der Waals surface area contributed by atoms with Gasteiger partial charge in [0.25, 0.3) is 0 Å². The van der Waals surface area contributed by atoms with Crippen LogP contribution >= 0.6 is 0 Å². The first-order chi connectivity index (χ1) is 8.43. The first-order valence-corrected chi connectivity index (χ1v) is 6.59. The minimum Gasteiger partial charge on any atom is -0.481 e. The second kappa shape index (κ2) is 6.57. The van der Waals surface area contributed by atoms with Gasteiger partial charge in [0.2, 0.25) is 5.91 Å². The standard InChI is InChI=1S/C14H23NO3/c1-9(2)10(3)8-15-13(16)11-6-4-5-7-12(11)14(17)18/h4-5,9-12H,6-8H2,1-3H3,(H,15,16)(H,17,18). The fourth-order valence-electron chi connectivity index (χ4n) is 2.01. The zero-order chi connectivity index (χ0) is 13.7. The molecule has 2 N–H and O–H groups in total. The molecule has 0 aromatic heterocycles. The molecule has 3 atom stereocenters. The van der Waals surface area contributed by atoms with E-state index in [9.17, 15) is 9.59 Å². The molecule has 0 spiro atoms. The van der Waals surface area contributed by atoms with Crippen LogP contribution in [0.2, 0.25) is 0 Å². The number of carboxylic acid groups (broad SMARTS) is 1. The summed E-state index contributed by atoms with van der Waals surface area (Å²) in [4.78, 5) is 23.1. The molecule has 0 saturated heterocycles. The molecular formula is C14H23NO3. The van der Waals surface area contributed by atoms with Crippen LogP contribution in [-0.2, 0) is 9.59 Å². The van der Waals surface area contributed by atoms with Crippen molar-refractivity contribution in [1.29, 1.82) is 0 Å². The van der Waals surface area contributed by atoms with E-state index in [1.165, 1.54) is 0 Å².